The molecule has 1 aliphatic rings. The molecule has 0 radical (unpaired) electrons. The zero-order chi connectivity index (χ0) is 6.36. The van der Waals surface area contributed by atoms with Crippen molar-refractivity contribution in [1.29, 1.82) is 0 Å². The van der Waals surface area contributed by atoms with Crippen molar-refractivity contribution in [2.45, 2.75) is 12.8 Å². The van der Waals surface area contributed by atoms with Gasteiger partial charge in [-0.3, -0.25) is 4.99 Å². The van der Waals surface area contributed by atoms with Crippen molar-refractivity contribution >= 4 is 6.21 Å². The number of rotatable bonds is 0. The molecule has 9 heavy (non-hydrogen) atoms. The Balaban J connectivity index is 2.45. The zero-order valence-electron chi connectivity index (χ0n) is 5.46. The monoisotopic (exact) mass is 121 g/mol. The molecule has 1 rings (SSSR count). The Hall–Kier alpha value is -0.850. The van der Waals surface area contributed by atoms with Crippen molar-refractivity contribution in [1.82, 2.24) is 0 Å². The lowest BCUT2D eigenvalue weighted by Crippen LogP contribution is -1.77. The van der Waals surface area contributed by atoms with E-state index >= 15 is 0 Å². The molecule has 0 aromatic heterocycles. The molecule has 1 heterocycles. The average molecular weight is 121 g/mol. The lowest BCUT2D eigenvalue weighted by atomic mass is 10.3. The van der Waals surface area contributed by atoms with Crippen LogP contribution in [0.25, 0.3) is 0 Å². The third kappa shape index (κ3) is 2.85. The minimum Gasteiger partial charge on any atom is -0.293 e. The van der Waals surface area contributed by atoms with Gasteiger partial charge in [-0.1, -0.05) is 18.2 Å². The summed E-state index contributed by atoms with van der Waals surface area (Å²) in [5.41, 5.74) is 0. The van der Waals surface area contributed by atoms with Gasteiger partial charge in [0, 0.05) is 12.8 Å². The first-order valence-corrected chi connectivity index (χ1v) is 3.32. The van der Waals surface area contributed by atoms with Gasteiger partial charge in [0.15, 0.2) is 0 Å². The maximum Gasteiger partial charge on any atom is 0.0392 e. The van der Waals surface area contributed by atoms with Gasteiger partial charge < -0.3 is 0 Å². The molecule has 1 heteroatoms. The number of hydrogen-bond donors (Lipinski definition) is 0. The fourth-order valence-electron chi connectivity index (χ4n) is 0.724. The minimum absolute atomic E-state index is 0.967. The van der Waals surface area contributed by atoms with Crippen LogP contribution >= 0.6 is 0 Å². The molecular formula is C8H11N. The van der Waals surface area contributed by atoms with E-state index in [1.54, 1.807) is 0 Å². The lowest BCUT2D eigenvalue weighted by molar-refractivity contribution is 0.860. The van der Waals surface area contributed by atoms with Crippen molar-refractivity contribution in [2.75, 3.05) is 6.54 Å². The molecule has 0 bridgehead atoms. The fourth-order valence-corrected chi connectivity index (χ4v) is 0.724. The Bertz CT molecular complexity index is 127. The van der Waals surface area contributed by atoms with Gasteiger partial charge in [0.1, 0.15) is 0 Å². The standard InChI is InChI=1S/C8H11N/c1-2-4-6-8-9-7-5-3-1/h1-3,5,7H,4,6,8H2. The average Bonchev–Trinajstić information content (AvgIpc) is 2.00. The van der Waals surface area contributed by atoms with Gasteiger partial charge in [-0.25, -0.2) is 0 Å². The summed E-state index contributed by atoms with van der Waals surface area (Å²) in [5.74, 6) is 0. The third-order valence-electron chi connectivity index (χ3n) is 1.21. The van der Waals surface area contributed by atoms with Crippen LogP contribution in [0.1, 0.15) is 12.8 Å². The molecule has 0 saturated carbocycles. The molecule has 0 amide bonds. The van der Waals surface area contributed by atoms with Crippen molar-refractivity contribution < 1.29 is 0 Å². The summed E-state index contributed by atoms with van der Waals surface area (Å²) >= 11 is 0. The topological polar surface area (TPSA) is 12.4 Å². The van der Waals surface area contributed by atoms with Crippen LogP contribution in [0, 0.1) is 0 Å². The van der Waals surface area contributed by atoms with E-state index in [1.165, 1.54) is 6.42 Å². The maximum atomic E-state index is 4.14. The number of aliphatic imine (C=N–C) groups is 1. The van der Waals surface area contributed by atoms with Crippen molar-refractivity contribution in [3.63, 3.8) is 0 Å². The Morgan fingerprint density at radius 1 is 1.11 bits per heavy atom. The second kappa shape index (κ2) is 4.07. The Morgan fingerprint density at radius 2 is 2.11 bits per heavy atom. The Kier molecular flexibility index (Phi) is 2.84. The smallest absolute Gasteiger partial charge is 0.0392 e. The molecule has 1 aliphatic heterocycles. The molecule has 0 aromatic rings. The van der Waals surface area contributed by atoms with Gasteiger partial charge in [0.05, 0.1) is 0 Å². The Labute approximate surface area is 55.8 Å². The predicted octanol–water partition coefficient (Wildman–Crippen LogP) is 1.96. The van der Waals surface area contributed by atoms with E-state index in [9.17, 15) is 0 Å². The molecule has 1 nitrogen and oxygen atoms in total. The van der Waals surface area contributed by atoms with E-state index in [2.05, 4.69) is 17.1 Å². The normalized spacial score (nSPS) is 18.7. The second-order valence-corrected chi connectivity index (χ2v) is 2.01. The quantitative estimate of drug-likeness (QED) is 0.464. The largest absolute Gasteiger partial charge is 0.293 e. The molecular weight excluding hydrogens is 110 g/mol. The van der Waals surface area contributed by atoms with Gasteiger partial charge >= 0.3 is 0 Å². The summed E-state index contributed by atoms with van der Waals surface area (Å²) in [6, 6.07) is 0. The predicted molar refractivity (Wildman–Crippen MR) is 40.9 cm³/mol. The van der Waals surface area contributed by atoms with E-state index in [0.717, 1.165) is 13.0 Å². The van der Waals surface area contributed by atoms with E-state index < -0.39 is 0 Å². The van der Waals surface area contributed by atoms with Gasteiger partial charge in [-0.15, -0.1) is 0 Å². The second-order valence-electron chi connectivity index (χ2n) is 2.01. The minimum atomic E-state index is 0.967. The first-order chi connectivity index (χ1) is 4.50. The number of allylic oxidation sites excluding steroid dienone is 4. The highest BCUT2D eigenvalue weighted by molar-refractivity contribution is 5.71. The lowest BCUT2D eigenvalue weighted by Gasteiger charge is -1.85. The summed E-state index contributed by atoms with van der Waals surface area (Å²) in [4.78, 5) is 4.14. The van der Waals surface area contributed by atoms with Gasteiger partial charge in [0.25, 0.3) is 0 Å². The highest BCUT2D eigenvalue weighted by atomic mass is 14.7. The molecule has 0 N–H and O–H groups in total. The van der Waals surface area contributed by atoms with Crippen molar-refractivity contribution in [3.8, 4) is 0 Å². The molecule has 0 aromatic carbocycles. The molecule has 0 saturated heterocycles. The first kappa shape index (κ1) is 6.27. The fraction of sp³-hybridized carbons (Fsp3) is 0.375. The van der Waals surface area contributed by atoms with Crippen LogP contribution in [0.2, 0.25) is 0 Å². The first-order valence-electron chi connectivity index (χ1n) is 3.32. The van der Waals surface area contributed by atoms with Crippen molar-refractivity contribution in [3.05, 3.63) is 24.3 Å². The highest BCUT2D eigenvalue weighted by Crippen LogP contribution is 1.93. The molecule has 0 aliphatic carbocycles. The van der Waals surface area contributed by atoms with Crippen LogP contribution in [0.5, 0.6) is 0 Å². The van der Waals surface area contributed by atoms with Crippen LogP contribution in [0.4, 0.5) is 0 Å². The maximum absolute atomic E-state index is 4.14. The summed E-state index contributed by atoms with van der Waals surface area (Å²) in [5, 5.41) is 0. The number of hydrogen-bond acceptors (Lipinski definition) is 1. The summed E-state index contributed by atoms with van der Waals surface area (Å²) in [6.07, 6.45) is 12.4. The molecule has 0 spiro atoms. The molecule has 0 unspecified atom stereocenters. The van der Waals surface area contributed by atoms with Crippen LogP contribution < -0.4 is 0 Å². The van der Waals surface area contributed by atoms with Crippen LogP contribution in [-0.2, 0) is 0 Å². The molecule has 0 atom stereocenters. The molecule has 0 fully saturated rings. The highest BCUT2D eigenvalue weighted by Gasteiger charge is 1.80. The summed E-state index contributed by atoms with van der Waals surface area (Å²) in [6.45, 7) is 0.967. The van der Waals surface area contributed by atoms with E-state index in [1.807, 2.05) is 18.4 Å². The van der Waals surface area contributed by atoms with E-state index in [0.29, 0.717) is 0 Å². The van der Waals surface area contributed by atoms with Crippen LogP contribution in [0.3, 0.4) is 0 Å². The van der Waals surface area contributed by atoms with E-state index in [-0.39, 0.29) is 0 Å². The SMILES string of the molecule is C1=CC=NCCCC=C1. The molecule has 48 valence electrons. The van der Waals surface area contributed by atoms with Crippen LogP contribution in [-0.4, -0.2) is 12.8 Å². The summed E-state index contributed by atoms with van der Waals surface area (Å²) < 4.78 is 0. The van der Waals surface area contributed by atoms with Gasteiger partial charge in [-0.05, 0) is 18.9 Å². The van der Waals surface area contributed by atoms with Crippen LogP contribution in [0.15, 0.2) is 29.3 Å². The zero-order valence-corrected chi connectivity index (χ0v) is 5.46. The third-order valence-corrected chi connectivity index (χ3v) is 1.21. The number of nitrogens with zero attached hydrogens (tertiary/aromatic N) is 1. The summed E-state index contributed by atoms with van der Waals surface area (Å²) in [7, 11) is 0. The Morgan fingerprint density at radius 3 is 3.11 bits per heavy atom. The van der Waals surface area contributed by atoms with Gasteiger partial charge in [-0.2, -0.15) is 0 Å². The van der Waals surface area contributed by atoms with Crippen molar-refractivity contribution in [2.24, 2.45) is 4.99 Å². The van der Waals surface area contributed by atoms with E-state index in [4.69, 9.17) is 0 Å². The van der Waals surface area contributed by atoms with Gasteiger partial charge in [0.2, 0.25) is 0 Å².